The summed E-state index contributed by atoms with van der Waals surface area (Å²) in [5.74, 6) is -0.250. The summed E-state index contributed by atoms with van der Waals surface area (Å²) in [6.45, 7) is 4.88. The van der Waals surface area contributed by atoms with Gasteiger partial charge in [0.1, 0.15) is 0 Å². The smallest absolute Gasteiger partial charge is 0.293 e. The minimum Gasteiger partial charge on any atom is -0.379 e. The Kier molecular flexibility index (Phi) is 5.59. The maximum atomic E-state index is 12.8. The molecule has 1 fully saturated rings. The largest absolute Gasteiger partial charge is 0.379 e. The van der Waals surface area contributed by atoms with E-state index < -0.39 is 5.91 Å². The van der Waals surface area contributed by atoms with Crippen molar-refractivity contribution in [2.75, 3.05) is 32.0 Å². The van der Waals surface area contributed by atoms with Gasteiger partial charge in [-0.2, -0.15) is 9.78 Å². The molecule has 1 aliphatic rings. The number of hydrogen-bond donors (Lipinski definition) is 2. The number of rotatable bonds is 6. The predicted octanol–water partition coefficient (Wildman–Crippen LogP) is 0.280. The van der Waals surface area contributed by atoms with Crippen LogP contribution >= 0.6 is 11.3 Å². The molecule has 4 heterocycles. The first-order valence-electron chi connectivity index (χ1n) is 8.85. The van der Waals surface area contributed by atoms with E-state index in [1.165, 1.54) is 16.0 Å². The number of anilines is 1. The minimum absolute atomic E-state index is 0.0525. The van der Waals surface area contributed by atoms with Crippen LogP contribution in [0.1, 0.15) is 28.0 Å². The molecule has 13 heteroatoms. The van der Waals surface area contributed by atoms with Gasteiger partial charge in [-0.15, -0.1) is 16.4 Å². The number of thiophene rings is 1. The highest BCUT2D eigenvalue weighted by atomic mass is 32.1. The topological polar surface area (TPSA) is 150 Å². The van der Waals surface area contributed by atoms with Gasteiger partial charge in [-0.25, -0.2) is 10.1 Å². The van der Waals surface area contributed by atoms with E-state index >= 15 is 0 Å². The van der Waals surface area contributed by atoms with Gasteiger partial charge in [-0.05, 0) is 28.7 Å². The number of nitrogens with two attached hydrogens (primary N) is 1. The maximum Gasteiger partial charge on any atom is 0.293 e. The number of nitrogen functional groups attached to an aromatic ring is 1. The van der Waals surface area contributed by atoms with Crippen LogP contribution in [-0.2, 0) is 11.3 Å². The monoisotopic (exact) mass is 417 g/mol. The van der Waals surface area contributed by atoms with Crippen LogP contribution in [0, 0.1) is 0 Å². The number of hydrazone groups is 1. The van der Waals surface area contributed by atoms with Crippen LogP contribution in [0.15, 0.2) is 27.2 Å². The number of morpholine rings is 1. The molecule has 0 aliphatic carbocycles. The lowest BCUT2D eigenvalue weighted by Crippen LogP contribution is -2.37. The highest BCUT2D eigenvalue weighted by Crippen LogP contribution is 2.18. The van der Waals surface area contributed by atoms with Crippen LogP contribution in [0.25, 0.3) is 5.82 Å². The Hall–Kier alpha value is -3.16. The summed E-state index contributed by atoms with van der Waals surface area (Å²) in [5.41, 5.74) is 9.68. The molecule has 0 unspecified atom stereocenters. The van der Waals surface area contributed by atoms with E-state index in [2.05, 4.69) is 40.7 Å². The Bertz CT molecular complexity index is 1000. The molecule has 0 spiro atoms. The summed E-state index contributed by atoms with van der Waals surface area (Å²) >= 11 is 1.54. The van der Waals surface area contributed by atoms with Crippen LogP contribution in [-0.4, -0.2) is 68.1 Å². The first-order chi connectivity index (χ1) is 14.1. The van der Waals surface area contributed by atoms with Crippen molar-refractivity contribution in [3.05, 3.63) is 33.8 Å². The van der Waals surface area contributed by atoms with Crippen molar-refractivity contribution >= 4 is 28.8 Å². The molecule has 12 nitrogen and oxygen atoms in total. The predicted molar refractivity (Wildman–Crippen MR) is 104 cm³/mol. The Labute approximate surface area is 169 Å². The molecule has 3 aromatic rings. The Balaban J connectivity index is 1.61. The van der Waals surface area contributed by atoms with Crippen molar-refractivity contribution in [2.45, 2.75) is 13.5 Å². The highest BCUT2D eigenvalue weighted by molar-refractivity contribution is 7.12. The first kappa shape index (κ1) is 19.2. The summed E-state index contributed by atoms with van der Waals surface area (Å²) in [6.07, 6.45) is 0. The quantitative estimate of drug-likeness (QED) is 0.426. The number of amides is 1. The van der Waals surface area contributed by atoms with Gasteiger partial charge in [0.15, 0.2) is 5.69 Å². The number of carbonyl (C=O) groups excluding carboxylic acids is 1. The van der Waals surface area contributed by atoms with Crippen molar-refractivity contribution in [2.24, 2.45) is 5.10 Å². The first-order valence-corrected chi connectivity index (χ1v) is 9.73. The van der Waals surface area contributed by atoms with E-state index in [1.54, 1.807) is 0 Å². The second-order valence-corrected chi connectivity index (χ2v) is 7.22. The molecule has 3 N–H and O–H groups in total. The molecule has 0 aromatic carbocycles. The van der Waals surface area contributed by atoms with Crippen LogP contribution < -0.4 is 11.2 Å². The highest BCUT2D eigenvalue weighted by Gasteiger charge is 2.26. The van der Waals surface area contributed by atoms with E-state index in [0.29, 0.717) is 44.3 Å². The second kappa shape index (κ2) is 8.46. The average Bonchev–Trinajstić information content (AvgIpc) is 3.48. The lowest BCUT2D eigenvalue weighted by molar-refractivity contribution is 0.0332. The average molecular weight is 417 g/mol. The van der Waals surface area contributed by atoms with E-state index in [4.69, 9.17) is 10.5 Å². The summed E-state index contributed by atoms with van der Waals surface area (Å²) in [4.78, 5) is 15.9. The van der Waals surface area contributed by atoms with Crippen molar-refractivity contribution in [1.82, 2.24) is 35.6 Å². The van der Waals surface area contributed by atoms with E-state index in [9.17, 15) is 4.79 Å². The van der Waals surface area contributed by atoms with Crippen molar-refractivity contribution in [3.63, 3.8) is 0 Å². The Morgan fingerprint density at radius 2 is 2.21 bits per heavy atom. The standard InChI is InChI=1S/C16H19N9O3S/c1-10(12-3-2-8-29-12)18-20-16(26)13-11(9-24-4-6-27-7-5-24)25(23-19-13)15-14(17)21-28-22-15/h2-3,8H,4-7,9H2,1H3,(H2,17,21)(H,20,26)/b18-10-. The molecule has 1 saturated heterocycles. The normalized spacial score (nSPS) is 15.6. The van der Waals surface area contributed by atoms with Crippen LogP contribution in [0.2, 0.25) is 0 Å². The lowest BCUT2D eigenvalue weighted by atomic mass is 10.2. The van der Waals surface area contributed by atoms with Gasteiger partial charge in [-0.3, -0.25) is 9.69 Å². The number of carbonyl (C=O) groups is 1. The minimum atomic E-state index is -0.481. The number of nitrogens with zero attached hydrogens (tertiary/aromatic N) is 7. The SMILES string of the molecule is C/C(=N/NC(=O)c1nnn(-c2nonc2N)c1CN1CCOCC1)c1cccs1. The third-order valence-corrected chi connectivity index (χ3v) is 5.33. The van der Waals surface area contributed by atoms with Crippen molar-refractivity contribution < 1.29 is 14.2 Å². The maximum absolute atomic E-state index is 12.8. The third kappa shape index (κ3) is 4.16. The zero-order chi connectivity index (χ0) is 20.2. The number of hydrogen-bond acceptors (Lipinski definition) is 11. The number of aromatic nitrogens is 5. The van der Waals surface area contributed by atoms with E-state index in [1.807, 2.05) is 24.4 Å². The summed E-state index contributed by atoms with van der Waals surface area (Å²) in [5, 5.41) is 21.5. The Morgan fingerprint density at radius 1 is 1.38 bits per heavy atom. The molecular weight excluding hydrogens is 398 g/mol. The Morgan fingerprint density at radius 3 is 2.90 bits per heavy atom. The molecule has 3 aromatic heterocycles. The molecular formula is C16H19N9O3S. The van der Waals surface area contributed by atoms with Gasteiger partial charge >= 0.3 is 0 Å². The fourth-order valence-corrected chi connectivity index (χ4v) is 3.50. The molecule has 0 atom stereocenters. The van der Waals surface area contributed by atoms with Crippen molar-refractivity contribution in [1.29, 1.82) is 0 Å². The van der Waals surface area contributed by atoms with Crippen molar-refractivity contribution in [3.8, 4) is 5.82 Å². The molecule has 152 valence electrons. The van der Waals surface area contributed by atoms with Gasteiger partial charge < -0.3 is 10.5 Å². The molecule has 1 amide bonds. The number of ether oxygens (including phenoxy) is 1. The molecule has 0 saturated carbocycles. The zero-order valence-electron chi connectivity index (χ0n) is 15.6. The fraction of sp³-hybridized carbons (Fsp3) is 0.375. The van der Waals surface area contributed by atoms with Gasteiger partial charge in [0, 0.05) is 24.5 Å². The lowest BCUT2D eigenvalue weighted by Gasteiger charge is -2.26. The third-order valence-electron chi connectivity index (χ3n) is 4.35. The summed E-state index contributed by atoms with van der Waals surface area (Å²) in [6, 6.07) is 3.85. The molecule has 0 radical (unpaired) electrons. The second-order valence-electron chi connectivity index (χ2n) is 6.27. The summed E-state index contributed by atoms with van der Waals surface area (Å²) < 4.78 is 11.4. The molecule has 1 aliphatic heterocycles. The van der Waals surface area contributed by atoms with Crippen LogP contribution in [0.3, 0.4) is 0 Å². The van der Waals surface area contributed by atoms with E-state index in [0.717, 1.165) is 4.88 Å². The van der Waals surface area contributed by atoms with E-state index in [-0.39, 0.29) is 17.3 Å². The van der Waals surface area contributed by atoms with Gasteiger partial charge in [0.2, 0.25) is 11.6 Å². The molecule has 0 bridgehead atoms. The zero-order valence-corrected chi connectivity index (χ0v) is 16.4. The summed E-state index contributed by atoms with van der Waals surface area (Å²) in [7, 11) is 0. The molecule has 29 heavy (non-hydrogen) atoms. The van der Waals surface area contributed by atoms with Crippen LogP contribution in [0.5, 0.6) is 0 Å². The van der Waals surface area contributed by atoms with Crippen LogP contribution in [0.4, 0.5) is 5.82 Å². The molecule has 4 rings (SSSR count). The van der Waals surface area contributed by atoms with Gasteiger partial charge in [-0.1, -0.05) is 11.3 Å². The number of nitrogens with one attached hydrogen (secondary N) is 1. The van der Waals surface area contributed by atoms with Gasteiger partial charge in [0.25, 0.3) is 5.91 Å². The van der Waals surface area contributed by atoms with Gasteiger partial charge in [0.05, 0.1) is 24.6 Å². The fourth-order valence-electron chi connectivity index (χ4n) is 2.83.